The van der Waals surface area contributed by atoms with Gasteiger partial charge in [-0.25, -0.2) is 9.89 Å². The first-order chi connectivity index (χ1) is 7.66. The molecule has 0 saturated carbocycles. The van der Waals surface area contributed by atoms with Gasteiger partial charge in [0.2, 0.25) is 5.91 Å². The number of carbonyl (C=O) groups excluding carboxylic acids is 1. The molecule has 2 N–H and O–H groups in total. The molecule has 0 fully saturated rings. The zero-order valence-corrected chi connectivity index (χ0v) is 8.47. The molecule has 2 rings (SSSR count). The normalized spacial score (nSPS) is 10.1. The van der Waals surface area contributed by atoms with Crippen molar-refractivity contribution in [3.05, 3.63) is 34.7 Å². The molecule has 1 aromatic carbocycles. The van der Waals surface area contributed by atoms with Crippen LogP contribution in [-0.4, -0.2) is 26.1 Å². The van der Waals surface area contributed by atoms with Crippen LogP contribution in [0.1, 0.15) is 6.92 Å². The van der Waals surface area contributed by atoms with Gasteiger partial charge in [0, 0.05) is 12.6 Å². The molecule has 2 aromatic rings. The zero-order valence-electron chi connectivity index (χ0n) is 8.47. The van der Waals surface area contributed by atoms with E-state index in [1.165, 1.54) is 6.92 Å². The van der Waals surface area contributed by atoms with Gasteiger partial charge in [0.25, 0.3) is 0 Å². The lowest BCUT2D eigenvalue weighted by molar-refractivity contribution is -0.114. The Morgan fingerprint density at radius 3 is 2.94 bits per heavy atom. The van der Waals surface area contributed by atoms with Gasteiger partial charge in [-0.2, -0.15) is 4.68 Å². The summed E-state index contributed by atoms with van der Waals surface area (Å²) in [7, 11) is 0. The van der Waals surface area contributed by atoms with E-state index in [1.807, 2.05) is 0 Å². The molecular weight excluding hydrogens is 210 g/mol. The fourth-order valence-electron chi connectivity index (χ4n) is 1.29. The number of H-pyrrole nitrogens is 1. The van der Waals surface area contributed by atoms with Crippen LogP contribution in [-0.2, 0) is 4.79 Å². The summed E-state index contributed by atoms with van der Waals surface area (Å²) in [5.74, 6) is -0.176. The number of carbonyl (C=O) groups is 1. The number of hydrogen-bond acceptors (Lipinski definition) is 4. The first kappa shape index (κ1) is 10.1. The van der Waals surface area contributed by atoms with E-state index in [4.69, 9.17) is 0 Å². The second-order valence-electron chi connectivity index (χ2n) is 3.15. The molecular formula is C9H9N5O2. The number of hydrogen-bond donors (Lipinski definition) is 2. The number of aromatic nitrogens is 4. The molecule has 7 nitrogen and oxygen atoms in total. The Morgan fingerprint density at radius 1 is 1.50 bits per heavy atom. The van der Waals surface area contributed by atoms with E-state index in [1.54, 1.807) is 24.3 Å². The Bertz CT molecular complexity index is 571. The van der Waals surface area contributed by atoms with Crippen molar-refractivity contribution >= 4 is 11.6 Å². The van der Waals surface area contributed by atoms with E-state index in [0.717, 1.165) is 4.68 Å². The second-order valence-corrected chi connectivity index (χ2v) is 3.15. The maximum absolute atomic E-state index is 11.2. The standard InChI is InChI=1S/C9H9N5O2/c1-6(15)10-7-3-2-4-8(5-7)14-9(16)11-12-13-14/h2-5H,1H3,(H,10,15)(H,11,13,16). The number of tetrazole rings is 1. The summed E-state index contributed by atoms with van der Waals surface area (Å²) in [6.07, 6.45) is 0. The highest BCUT2D eigenvalue weighted by Crippen LogP contribution is 2.11. The number of benzene rings is 1. The summed E-state index contributed by atoms with van der Waals surface area (Å²) in [5, 5.41) is 11.8. The van der Waals surface area contributed by atoms with Crippen molar-refractivity contribution in [1.29, 1.82) is 0 Å². The van der Waals surface area contributed by atoms with Gasteiger partial charge in [-0.3, -0.25) is 4.79 Å². The molecule has 1 amide bonds. The zero-order chi connectivity index (χ0) is 11.5. The van der Waals surface area contributed by atoms with Gasteiger partial charge in [-0.05, 0) is 28.6 Å². The molecule has 1 aromatic heterocycles. The fraction of sp³-hybridized carbons (Fsp3) is 0.111. The highest BCUT2D eigenvalue weighted by molar-refractivity contribution is 5.88. The summed E-state index contributed by atoms with van der Waals surface area (Å²) in [6.45, 7) is 1.41. The summed E-state index contributed by atoms with van der Waals surface area (Å²) >= 11 is 0. The molecule has 0 spiro atoms. The van der Waals surface area contributed by atoms with E-state index in [9.17, 15) is 9.59 Å². The largest absolute Gasteiger partial charge is 0.365 e. The van der Waals surface area contributed by atoms with Gasteiger partial charge in [-0.1, -0.05) is 6.07 Å². The van der Waals surface area contributed by atoms with E-state index in [-0.39, 0.29) is 5.91 Å². The Labute approximate surface area is 90.1 Å². The molecule has 0 bridgehead atoms. The number of aromatic amines is 1. The summed E-state index contributed by atoms with van der Waals surface area (Å²) < 4.78 is 1.10. The highest BCUT2D eigenvalue weighted by Gasteiger charge is 2.03. The number of anilines is 1. The van der Waals surface area contributed by atoms with Crippen LogP contribution in [0.3, 0.4) is 0 Å². The number of nitrogens with one attached hydrogen (secondary N) is 2. The van der Waals surface area contributed by atoms with Crippen molar-refractivity contribution in [2.45, 2.75) is 6.92 Å². The molecule has 0 saturated heterocycles. The molecule has 1 heterocycles. The van der Waals surface area contributed by atoms with Crippen LogP contribution in [0, 0.1) is 0 Å². The SMILES string of the molecule is CC(=O)Nc1cccc(-n2nn[nH]c2=O)c1. The average Bonchev–Trinajstić information content (AvgIpc) is 2.64. The molecule has 0 unspecified atom stereocenters. The number of nitrogens with zero attached hydrogens (tertiary/aromatic N) is 3. The summed E-state index contributed by atoms with van der Waals surface area (Å²) in [5.41, 5.74) is 0.699. The maximum Gasteiger partial charge on any atom is 0.365 e. The monoisotopic (exact) mass is 219 g/mol. The van der Waals surface area contributed by atoms with Crippen molar-refractivity contribution < 1.29 is 4.79 Å². The predicted molar refractivity (Wildman–Crippen MR) is 56.3 cm³/mol. The molecule has 0 atom stereocenters. The van der Waals surface area contributed by atoms with Gasteiger partial charge < -0.3 is 5.32 Å². The molecule has 0 aliphatic heterocycles. The third kappa shape index (κ3) is 1.97. The van der Waals surface area contributed by atoms with Crippen LogP contribution in [0.5, 0.6) is 0 Å². The molecule has 0 aliphatic rings. The first-order valence-corrected chi connectivity index (χ1v) is 4.55. The van der Waals surface area contributed by atoms with E-state index < -0.39 is 5.69 Å². The van der Waals surface area contributed by atoms with Gasteiger partial charge in [0.05, 0.1) is 5.69 Å². The lowest BCUT2D eigenvalue weighted by atomic mass is 10.3. The maximum atomic E-state index is 11.2. The smallest absolute Gasteiger partial charge is 0.326 e. The fourth-order valence-corrected chi connectivity index (χ4v) is 1.29. The lowest BCUT2D eigenvalue weighted by Crippen LogP contribution is -2.16. The Morgan fingerprint density at radius 2 is 2.31 bits per heavy atom. The van der Waals surface area contributed by atoms with E-state index >= 15 is 0 Å². The molecule has 82 valence electrons. The van der Waals surface area contributed by atoms with Crippen LogP contribution in [0.4, 0.5) is 5.69 Å². The van der Waals surface area contributed by atoms with Crippen LogP contribution >= 0.6 is 0 Å². The van der Waals surface area contributed by atoms with Crippen LogP contribution < -0.4 is 11.0 Å². The topological polar surface area (TPSA) is 92.7 Å². The molecule has 0 aliphatic carbocycles. The quantitative estimate of drug-likeness (QED) is 0.738. The summed E-state index contributed by atoms with van der Waals surface area (Å²) in [4.78, 5) is 22.1. The molecule has 0 radical (unpaired) electrons. The van der Waals surface area contributed by atoms with Crippen molar-refractivity contribution in [3.8, 4) is 5.69 Å². The Balaban J connectivity index is 2.40. The predicted octanol–water partition coefficient (Wildman–Crippen LogP) is -0.0860. The van der Waals surface area contributed by atoms with Gasteiger partial charge >= 0.3 is 5.69 Å². The molecule has 7 heteroatoms. The van der Waals surface area contributed by atoms with E-state index in [0.29, 0.717) is 11.4 Å². The molecule has 16 heavy (non-hydrogen) atoms. The van der Waals surface area contributed by atoms with Crippen LogP contribution in [0.2, 0.25) is 0 Å². The van der Waals surface area contributed by atoms with Gasteiger partial charge in [0.15, 0.2) is 0 Å². The number of amides is 1. The van der Waals surface area contributed by atoms with Gasteiger partial charge in [0.1, 0.15) is 0 Å². The third-order valence-corrected chi connectivity index (χ3v) is 1.88. The van der Waals surface area contributed by atoms with Crippen molar-refractivity contribution in [2.75, 3.05) is 5.32 Å². The van der Waals surface area contributed by atoms with E-state index in [2.05, 4.69) is 20.8 Å². The number of rotatable bonds is 2. The van der Waals surface area contributed by atoms with Crippen LogP contribution in [0.15, 0.2) is 29.1 Å². The lowest BCUT2D eigenvalue weighted by Gasteiger charge is -2.03. The minimum atomic E-state index is -0.431. The van der Waals surface area contributed by atoms with Crippen molar-refractivity contribution in [3.63, 3.8) is 0 Å². The van der Waals surface area contributed by atoms with Crippen molar-refractivity contribution in [1.82, 2.24) is 20.2 Å². The summed E-state index contributed by atoms with van der Waals surface area (Å²) in [6, 6.07) is 6.75. The Hall–Kier alpha value is -2.44. The second kappa shape index (κ2) is 3.97. The minimum Gasteiger partial charge on any atom is -0.326 e. The van der Waals surface area contributed by atoms with Gasteiger partial charge in [-0.15, -0.1) is 0 Å². The minimum absolute atomic E-state index is 0.176. The van der Waals surface area contributed by atoms with Crippen molar-refractivity contribution in [2.24, 2.45) is 0 Å². The third-order valence-electron chi connectivity index (χ3n) is 1.88. The van der Waals surface area contributed by atoms with Crippen LogP contribution in [0.25, 0.3) is 5.69 Å². The first-order valence-electron chi connectivity index (χ1n) is 4.55. The Kier molecular flexibility index (Phi) is 2.50. The average molecular weight is 219 g/mol. The highest BCUT2D eigenvalue weighted by atomic mass is 16.2.